The van der Waals surface area contributed by atoms with Gasteiger partial charge in [0.1, 0.15) is 22.3 Å². The van der Waals surface area contributed by atoms with Crippen LogP contribution in [0.4, 0.5) is 14.5 Å². The Bertz CT molecular complexity index is 887. The molecule has 0 unspecified atom stereocenters. The van der Waals surface area contributed by atoms with E-state index in [1.165, 1.54) is 23.7 Å². The predicted octanol–water partition coefficient (Wildman–Crippen LogP) is 3.38. The van der Waals surface area contributed by atoms with Gasteiger partial charge in [0.2, 0.25) is 0 Å². The molecule has 0 bridgehead atoms. The van der Waals surface area contributed by atoms with E-state index in [0.29, 0.717) is 11.3 Å². The van der Waals surface area contributed by atoms with E-state index in [2.05, 4.69) is 15.4 Å². The molecule has 0 aliphatic carbocycles. The Balaban J connectivity index is 1.89. The maximum atomic E-state index is 14.1. The lowest BCUT2D eigenvalue weighted by Crippen LogP contribution is -2.11. The molecule has 0 spiro atoms. The third kappa shape index (κ3) is 2.98. The first kappa shape index (κ1) is 15.3. The number of anilines is 1. The first-order chi connectivity index (χ1) is 11.0. The molecule has 5 nitrogen and oxygen atoms in total. The second-order valence-electron chi connectivity index (χ2n) is 4.95. The molecule has 0 saturated carbocycles. The number of nitrogens with zero attached hydrogens (tertiary/aromatic N) is 3. The molecule has 0 aliphatic rings. The second kappa shape index (κ2) is 5.88. The van der Waals surface area contributed by atoms with Crippen LogP contribution >= 0.6 is 11.3 Å². The smallest absolute Gasteiger partial charge is 0.275 e. The maximum absolute atomic E-state index is 14.1. The summed E-state index contributed by atoms with van der Waals surface area (Å²) in [6.45, 7) is 1.54. The zero-order valence-electron chi connectivity index (χ0n) is 12.3. The van der Waals surface area contributed by atoms with E-state index in [0.717, 1.165) is 11.3 Å². The third-order valence-corrected chi connectivity index (χ3v) is 4.06. The van der Waals surface area contributed by atoms with Crippen molar-refractivity contribution in [2.75, 3.05) is 5.32 Å². The number of nitrogens with one attached hydrogen (secondary N) is 1. The molecule has 3 rings (SSSR count). The van der Waals surface area contributed by atoms with Gasteiger partial charge in [0.15, 0.2) is 0 Å². The summed E-state index contributed by atoms with van der Waals surface area (Å²) < 4.78 is 29.6. The number of aromatic nitrogens is 3. The van der Waals surface area contributed by atoms with Gasteiger partial charge in [-0.25, -0.2) is 13.8 Å². The van der Waals surface area contributed by atoms with Crippen LogP contribution < -0.4 is 5.32 Å². The molecule has 0 fully saturated rings. The standard InChI is InChI=1S/C15H12F2N4OS/c1-8-3-4-10(16)12(13(8)17)15-20-11(7-23-15)14(22)19-9-5-18-21(2)6-9/h3-7H,1-2H3,(H,19,22). The van der Waals surface area contributed by atoms with Crippen LogP contribution in [-0.4, -0.2) is 20.7 Å². The molecule has 0 radical (unpaired) electrons. The highest BCUT2D eigenvalue weighted by Gasteiger charge is 2.19. The van der Waals surface area contributed by atoms with E-state index in [9.17, 15) is 13.6 Å². The summed E-state index contributed by atoms with van der Waals surface area (Å²) in [4.78, 5) is 16.2. The molecule has 8 heteroatoms. The lowest BCUT2D eigenvalue weighted by molar-refractivity contribution is 0.102. The number of thiazole rings is 1. The Morgan fingerprint density at radius 1 is 1.35 bits per heavy atom. The van der Waals surface area contributed by atoms with Gasteiger partial charge < -0.3 is 5.32 Å². The average molecular weight is 334 g/mol. The van der Waals surface area contributed by atoms with E-state index < -0.39 is 17.5 Å². The molecule has 2 aromatic heterocycles. The predicted molar refractivity (Wildman–Crippen MR) is 83.4 cm³/mol. The number of amides is 1. The summed E-state index contributed by atoms with van der Waals surface area (Å²) in [5.41, 5.74) is 0.711. The van der Waals surface area contributed by atoms with Crippen molar-refractivity contribution in [3.05, 3.63) is 52.8 Å². The molecule has 3 aromatic rings. The van der Waals surface area contributed by atoms with Crippen molar-refractivity contribution in [2.45, 2.75) is 6.92 Å². The minimum absolute atomic E-state index is 0.0918. The summed E-state index contributed by atoms with van der Waals surface area (Å²) in [6.07, 6.45) is 3.12. The Morgan fingerprint density at radius 2 is 2.13 bits per heavy atom. The van der Waals surface area contributed by atoms with Gasteiger partial charge in [0, 0.05) is 18.6 Å². The van der Waals surface area contributed by atoms with Gasteiger partial charge in [-0.3, -0.25) is 9.48 Å². The van der Waals surface area contributed by atoms with Crippen molar-refractivity contribution in [3.63, 3.8) is 0 Å². The number of aryl methyl sites for hydroxylation is 2. The van der Waals surface area contributed by atoms with Crippen LogP contribution in [0.15, 0.2) is 29.9 Å². The summed E-state index contributed by atoms with van der Waals surface area (Å²) in [5.74, 6) is -1.84. The maximum Gasteiger partial charge on any atom is 0.275 e. The fraction of sp³-hybridized carbons (Fsp3) is 0.133. The van der Waals surface area contributed by atoms with Crippen LogP contribution in [-0.2, 0) is 7.05 Å². The van der Waals surface area contributed by atoms with E-state index in [1.54, 1.807) is 24.9 Å². The Morgan fingerprint density at radius 3 is 2.83 bits per heavy atom. The monoisotopic (exact) mass is 334 g/mol. The molecule has 2 heterocycles. The Kier molecular flexibility index (Phi) is 3.91. The van der Waals surface area contributed by atoms with Crippen molar-refractivity contribution >= 4 is 22.9 Å². The molecule has 1 amide bonds. The SMILES string of the molecule is Cc1ccc(F)c(-c2nc(C(=O)Nc3cnn(C)c3)cs2)c1F. The topological polar surface area (TPSA) is 59.8 Å². The largest absolute Gasteiger partial charge is 0.318 e. The summed E-state index contributed by atoms with van der Waals surface area (Å²) >= 11 is 1.01. The molecule has 0 atom stereocenters. The lowest BCUT2D eigenvalue weighted by atomic mass is 10.1. The number of carbonyl (C=O) groups is 1. The summed E-state index contributed by atoms with van der Waals surface area (Å²) in [6, 6.07) is 2.54. The summed E-state index contributed by atoms with van der Waals surface area (Å²) in [7, 11) is 1.72. The molecule has 0 aliphatic heterocycles. The Hall–Kier alpha value is -2.61. The highest BCUT2D eigenvalue weighted by Crippen LogP contribution is 2.30. The second-order valence-corrected chi connectivity index (χ2v) is 5.81. The van der Waals surface area contributed by atoms with Crippen molar-refractivity contribution in [2.24, 2.45) is 7.05 Å². The van der Waals surface area contributed by atoms with Gasteiger partial charge in [0.05, 0.1) is 17.4 Å². The van der Waals surface area contributed by atoms with E-state index in [-0.39, 0.29) is 16.3 Å². The van der Waals surface area contributed by atoms with Crippen LogP contribution in [0, 0.1) is 18.6 Å². The quantitative estimate of drug-likeness (QED) is 0.799. The molecule has 0 saturated heterocycles. The molecular formula is C15H12F2N4OS. The van der Waals surface area contributed by atoms with Gasteiger partial charge >= 0.3 is 0 Å². The third-order valence-electron chi connectivity index (χ3n) is 3.20. The van der Waals surface area contributed by atoms with Crippen molar-refractivity contribution in [1.29, 1.82) is 0 Å². The lowest BCUT2D eigenvalue weighted by Gasteiger charge is -2.04. The molecule has 118 valence electrons. The molecule has 1 N–H and O–H groups in total. The highest BCUT2D eigenvalue weighted by molar-refractivity contribution is 7.13. The average Bonchev–Trinajstić information content (AvgIpc) is 3.13. The first-order valence-electron chi connectivity index (χ1n) is 6.66. The highest BCUT2D eigenvalue weighted by atomic mass is 32.1. The van der Waals surface area contributed by atoms with Gasteiger partial charge in [0.25, 0.3) is 5.91 Å². The summed E-state index contributed by atoms with van der Waals surface area (Å²) in [5, 5.41) is 8.14. The zero-order chi connectivity index (χ0) is 16.6. The molecular weight excluding hydrogens is 322 g/mol. The van der Waals surface area contributed by atoms with Gasteiger partial charge in [-0.1, -0.05) is 6.07 Å². The van der Waals surface area contributed by atoms with Crippen LogP contribution in [0.5, 0.6) is 0 Å². The molecule has 1 aromatic carbocycles. The van der Waals surface area contributed by atoms with Crippen LogP contribution in [0.25, 0.3) is 10.6 Å². The van der Waals surface area contributed by atoms with Crippen LogP contribution in [0.3, 0.4) is 0 Å². The van der Waals surface area contributed by atoms with Crippen molar-refractivity contribution in [1.82, 2.24) is 14.8 Å². The zero-order valence-corrected chi connectivity index (χ0v) is 13.1. The normalized spacial score (nSPS) is 10.8. The first-order valence-corrected chi connectivity index (χ1v) is 7.54. The van der Waals surface area contributed by atoms with E-state index in [4.69, 9.17) is 0 Å². The minimum Gasteiger partial charge on any atom is -0.318 e. The number of rotatable bonds is 3. The number of halogens is 2. The minimum atomic E-state index is -0.707. The van der Waals surface area contributed by atoms with Gasteiger partial charge in [-0.2, -0.15) is 5.10 Å². The van der Waals surface area contributed by atoms with Crippen molar-refractivity contribution < 1.29 is 13.6 Å². The fourth-order valence-corrected chi connectivity index (χ4v) is 2.87. The van der Waals surface area contributed by atoms with Crippen LogP contribution in [0.1, 0.15) is 16.1 Å². The fourth-order valence-electron chi connectivity index (χ4n) is 2.03. The number of carbonyl (C=O) groups excluding carboxylic acids is 1. The van der Waals surface area contributed by atoms with E-state index >= 15 is 0 Å². The van der Waals surface area contributed by atoms with Crippen LogP contribution in [0.2, 0.25) is 0 Å². The number of hydrogen-bond acceptors (Lipinski definition) is 4. The Labute approximate surface area is 134 Å². The number of benzene rings is 1. The van der Waals surface area contributed by atoms with E-state index in [1.807, 2.05) is 0 Å². The van der Waals surface area contributed by atoms with Gasteiger partial charge in [-0.15, -0.1) is 11.3 Å². The number of hydrogen-bond donors (Lipinski definition) is 1. The van der Waals surface area contributed by atoms with Gasteiger partial charge in [-0.05, 0) is 18.6 Å². The van der Waals surface area contributed by atoms with Crippen molar-refractivity contribution in [3.8, 4) is 10.6 Å². The molecule has 23 heavy (non-hydrogen) atoms.